The van der Waals surface area contributed by atoms with Gasteiger partial charge in [0.2, 0.25) is 11.0 Å². The fourth-order valence-electron chi connectivity index (χ4n) is 2.27. The van der Waals surface area contributed by atoms with Crippen LogP contribution in [-0.4, -0.2) is 46.7 Å². The number of amides is 1. The number of anilines is 1. The van der Waals surface area contributed by atoms with Gasteiger partial charge in [0.05, 0.1) is 5.75 Å². The Labute approximate surface area is 162 Å². The van der Waals surface area contributed by atoms with E-state index in [2.05, 4.69) is 35.8 Å². The first-order chi connectivity index (χ1) is 13.2. The largest absolute Gasteiger partial charge is 0.300 e. The highest BCUT2D eigenvalue weighted by Crippen LogP contribution is 2.21. The number of aryl methyl sites for hydroxylation is 1. The predicted octanol–water partition coefficient (Wildman–Crippen LogP) is 2.33. The van der Waals surface area contributed by atoms with Gasteiger partial charge >= 0.3 is 0 Å². The van der Waals surface area contributed by atoms with Gasteiger partial charge in [0.15, 0.2) is 11.5 Å². The maximum Gasteiger partial charge on any atom is 0.236 e. The van der Waals surface area contributed by atoms with E-state index in [1.807, 2.05) is 31.2 Å². The van der Waals surface area contributed by atoms with Crippen LogP contribution in [-0.2, 0) is 11.2 Å². The summed E-state index contributed by atoms with van der Waals surface area (Å²) in [5, 5.41) is 25.6. The summed E-state index contributed by atoms with van der Waals surface area (Å²) >= 11 is 2.70. The third-order valence-electron chi connectivity index (χ3n) is 3.52. The Morgan fingerprint density at radius 3 is 2.93 bits per heavy atom. The zero-order valence-electron chi connectivity index (χ0n) is 14.2. The number of carbonyl (C=O) groups excluding carboxylic acids is 1. The Hall–Kier alpha value is -2.92. The van der Waals surface area contributed by atoms with Crippen molar-refractivity contribution >= 4 is 39.8 Å². The van der Waals surface area contributed by atoms with E-state index < -0.39 is 0 Å². The molecule has 0 radical (unpaired) electrons. The highest BCUT2D eigenvalue weighted by molar-refractivity contribution is 7.99. The number of pyridine rings is 1. The average Bonchev–Trinajstić information content (AvgIpc) is 3.33. The van der Waals surface area contributed by atoms with E-state index in [4.69, 9.17) is 0 Å². The van der Waals surface area contributed by atoms with Gasteiger partial charge in [-0.15, -0.1) is 20.4 Å². The van der Waals surface area contributed by atoms with E-state index in [-0.39, 0.29) is 11.7 Å². The summed E-state index contributed by atoms with van der Waals surface area (Å²) in [4.78, 5) is 16.2. The van der Waals surface area contributed by atoms with Crippen molar-refractivity contribution in [2.45, 2.75) is 18.4 Å². The summed E-state index contributed by atoms with van der Waals surface area (Å²) in [7, 11) is 0. The first-order valence-corrected chi connectivity index (χ1v) is 9.91. The van der Waals surface area contributed by atoms with E-state index in [0.717, 1.165) is 17.0 Å². The molecule has 4 rings (SSSR count). The molecule has 0 aliphatic heterocycles. The number of thioether (sulfide) groups is 1. The summed E-state index contributed by atoms with van der Waals surface area (Å²) in [6.45, 7) is 1.99. The van der Waals surface area contributed by atoms with Gasteiger partial charge in [-0.25, -0.2) is 0 Å². The second-order valence-corrected chi connectivity index (χ2v) is 7.46. The molecule has 0 aromatic carbocycles. The minimum atomic E-state index is -0.156. The maximum absolute atomic E-state index is 12.1. The second kappa shape index (κ2) is 7.76. The Balaban J connectivity index is 1.47. The lowest BCUT2D eigenvalue weighted by molar-refractivity contribution is -0.113. The number of rotatable bonds is 6. The molecule has 4 heterocycles. The number of nitrogens with zero attached hydrogens (tertiary/aromatic N) is 7. The summed E-state index contributed by atoms with van der Waals surface area (Å²) < 4.78 is 1.65. The SMILES string of the molecule is CCc1nnc(NC(=O)CSc2ccc3nnc(-c4cccnc4)n3n2)s1. The summed E-state index contributed by atoms with van der Waals surface area (Å²) in [6, 6.07) is 7.36. The summed E-state index contributed by atoms with van der Waals surface area (Å²) in [5.74, 6) is 0.659. The molecule has 9 nitrogen and oxygen atoms in total. The smallest absolute Gasteiger partial charge is 0.236 e. The van der Waals surface area contributed by atoms with E-state index in [1.165, 1.54) is 23.1 Å². The molecule has 1 amide bonds. The lowest BCUT2D eigenvalue weighted by atomic mass is 10.3. The van der Waals surface area contributed by atoms with Gasteiger partial charge in [-0.2, -0.15) is 9.61 Å². The molecule has 0 saturated heterocycles. The summed E-state index contributed by atoms with van der Waals surface area (Å²) in [6.07, 6.45) is 4.20. The van der Waals surface area contributed by atoms with Crippen LogP contribution in [0.1, 0.15) is 11.9 Å². The fourth-order valence-corrected chi connectivity index (χ4v) is 3.62. The number of nitrogens with one attached hydrogen (secondary N) is 1. The number of hydrogen-bond acceptors (Lipinski definition) is 9. The molecule has 0 saturated carbocycles. The van der Waals surface area contributed by atoms with Crippen LogP contribution in [0.2, 0.25) is 0 Å². The molecule has 27 heavy (non-hydrogen) atoms. The van der Waals surface area contributed by atoms with Gasteiger partial charge in [0.1, 0.15) is 10.0 Å². The van der Waals surface area contributed by atoms with Crippen molar-refractivity contribution in [2.75, 3.05) is 11.1 Å². The molecule has 0 unspecified atom stereocenters. The molecule has 4 aromatic rings. The van der Waals surface area contributed by atoms with E-state index in [1.54, 1.807) is 16.9 Å². The van der Waals surface area contributed by atoms with E-state index in [0.29, 0.717) is 21.6 Å². The van der Waals surface area contributed by atoms with Crippen molar-refractivity contribution in [1.29, 1.82) is 0 Å². The summed E-state index contributed by atoms with van der Waals surface area (Å²) in [5.41, 5.74) is 1.45. The highest BCUT2D eigenvalue weighted by Gasteiger charge is 2.12. The number of carbonyl (C=O) groups is 1. The molecular weight excluding hydrogens is 384 g/mol. The topological polar surface area (TPSA) is 111 Å². The van der Waals surface area contributed by atoms with E-state index >= 15 is 0 Å². The van der Waals surface area contributed by atoms with Gasteiger partial charge in [0.25, 0.3) is 0 Å². The van der Waals surface area contributed by atoms with Crippen molar-refractivity contribution in [3.05, 3.63) is 41.7 Å². The molecule has 0 aliphatic carbocycles. The molecule has 11 heteroatoms. The number of aromatic nitrogens is 7. The van der Waals surface area contributed by atoms with Crippen LogP contribution in [0.15, 0.2) is 41.7 Å². The lowest BCUT2D eigenvalue weighted by Crippen LogP contribution is -2.14. The maximum atomic E-state index is 12.1. The minimum Gasteiger partial charge on any atom is -0.300 e. The van der Waals surface area contributed by atoms with Crippen LogP contribution in [0.25, 0.3) is 17.0 Å². The van der Waals surface area contributed by atoms with Crippen LogP contribution < -0.4 is 5.32 Å². The third-order valence-corrected chi connectivity index (χ3v) is 5.43. The first kappa shape index (κ1) is 17.5. The van der Waals surface area contributed by atoms with Crippen LogP contribution in [0, 0.1) is 0 Å². The number of fused-ring (bicyclic) bond motifs is 1. The van der Waals surface area contributed by atoms with Gasteiger partial charge < -0.3 is 0 Å². The van der Waals surface area contributed by atoms with Gasteiger partial charge in [-0.3, -0.25) is 15.1 Å². The zero-order chi connectivity index (χ0) is 18.6. The molecule has 0 spiro atoms. The Morgan fingerprint density at radius 1 is 1.22 bits per heavy atom. The van der Waals surface area contributed by atoms with Gasteiger partial charge in [-0.1, -0.05) is 30.0 Å². The molecule has 4 aromatic heterocycles. The molecule has 0 bridgehead atoms. The minimum absolute atomic E-state index is 0.156. The van der Waals surface area contributed by atoms with Crippen molar-refractivity contribution < 1.29 is 4.79 Å². The Kier molecular flexibility index (Phi) is 5.03. The van der Waals surface area contributed by atoms with Gasteiger partial charge in [-0.05, 0) is 30.7 Å². The van der Waals surface area contributed by atoms with Crippen LogP contribution in [0.5, 0.6) is 0 Å². The molecule has 0 fully saturated rings. The third kappa shape index (κ3) is 3.93. The van der Waals surface area contributed by atoms with E-state index in [9.17, 15) is 4.79 Å². The normalized spacial score (nSPS) is 11.0. The second-order valence-electron chi connectivity index (χ2n) is 5.40. The molecule has 0 atom stereocenters. The molecule has 136 valence electrons. The first-order valence-electron chi connectivity index (χ1n) is 8.11. The fraction of sp³-hybridized carbons (Fsp3) is 0.188. The standard InChI is InChI=1S/C16H14N8OS2/c1-2-13-20-22-16(27-13)18-12(25)9-26-14-6-5-11-19-21-15(24(11)23-14)10-4-3-7-17-8-10/h3-8H,2,9H2,1H3,(H,18,22,25). The zero-order valence-corrected chi connectivity index (χ0v) is 15.9. The van der Waals surface area contributed by atoms with Crippen molar-refractivity contribution in [3.8, 4) is 11.4 Å². The predicted molar refractivity (Wildman–Crippen MR) is 103 cm³/mol. The molecular formula is C16H14N8OS2. The molecule has 1 N–H and O–H groups in total. The van der Waals surface area contributed by atoms with Crippen molar-refractivity contribution in [3.63, 3.8) is 0 Å². The Bertz CT molecular complexity index is 1080. The Morgan fingerprint density at radius 2 is 2.15 bits per heavy atom. The van der Waals surface area contributed by atoms with Crippen molar-refractivity contribution in [1.82, 2.24) is 35.0 Å². The van der Waals surface area contributed by atoms with Gasteiger partial charge in [0, 0.05) is 18.0 Å². The monoisotopic (exact) mass is 398 g/mol. The van der Waals surface area contributed by atoms with Crippen LogP contribution >= 0.6 is 23.1 Å². The highest BCUT2D eigenvalue weighted by atomic mass is 32.2. The van der Waals surface area contributed by atoms with Crippen molar-refractivity contribution in [2.24, 2.45) is 0 Å². The van der Waals surface area contributed by atoms with Crippen LogP contribution in [0.3, 0.4) is 0 Å². The quantitative estimate of drug-likeness (QED) is 0.493. The van der Waals surface area contributed by atoms with Crippen LogP contribution in [0.4, 0.5) is 5.13 Å². The number of hydrogen-bond donors (Lipinski definition) is 1. The average molecular weight is 398 g/mol. The lowest BCUT2D eigenvalue weighted by Gasteiger charge is -2.03. The molecule has 0 aliphatic rings.